The first kappa shape index (κ1) is 18.9. The molecule has 8 heteroatoms. The van der Waals surface area contributed by atoms with Gasteiger partial charge in [0.25, 0.3) is 0 Å². The lowest BCUT2D eigenvalue weighted by Gasteiger charge is -2.35. The van der Waals surface area contributed by atoms with Crippen molar-refractivity contribution in [2.75, 3.05) is 13.7 Å². The zero-order valence-corrected chi connectivity index (χ0v) is 16.4. The van der Waals surface area contributed by atoms with E-state index in [1.807, 2.05) is 25.1 Å². The second-order valence-corrected chi connectivity index (χ2v) is 7.02. The van der Waals surface area contributed by atoms with Gasteiger partial charge in [0, 0.05) is 0 Å². The third-order valence-corrected chi connectivity index (χ3v) is 5.40. The second kappa shape index (κ2) is 7.37. The molecule has 0 radical (unpaired) electrons. The van der Waals surface area contributed by atoms with Gasteiger partial charge in [-0.2, -0.15) is 5.26 Å². The molecule has 1 atom stereocenters. The molecular weight excluding hydrogens is 364 g/mol. The number of aryl methyl sites for hydroxylation is 1. The number of methoxy groups -OCH3 is 1. The maximum Gasteiger partial charge on any atom is 0.338 e. The molecule has 0 aromatic heterocycles. The van der Waals surface area contributed by atoms with Crippen molar-refractivity contribution in [1.29, 1.82) is 5.26 Å². The van der Waals surface area contributed by atoms with Crippen LogP contribution in [0.25, 0.3) is 0 Å². The van der Waals surface area contributed by atoms with Crippen LogP contribution >= 0.6 is 11.8 Å². The number of carbonyl (C=O) groups excluding carboxylic acids is 1. The zero-order chi connectivity index (χ0) is 19.7. The van der Waals surface area contributed by atoms with Gasteiger partial charge in [-0.25, -0.2) is 9.79 Å². The van der Waals surface area contributed by atoms with Crippen LogP contribution in [-0.4, -0.2) is 29.8 Å². The van der Waals surface area contributed by atoms with Crippen LogP contribution in [0.5, 0.6) is 5.75 Å². The van der Waals surface area contributed by atoms with Gasteiger partial charge in [0.2, 0.25) is 0 Å². The Kier molecular flexibility index (Phi) is 5.15. The molecule has 0 saturated carbocycles. The van der Waals surface area contributed by atoms with Gasteiger partial charge in [0.1, 0.15) is 22.5 Å². The summed E-state index contributed by atoms with van der Waals surface area (Å²) in [6, 6.07) is 7.25. The number of nitrogens with zero attached hydrogens (tertiary/aromatic N) is 3. The molecular formula is C19H20N4O3S. The topological polar surface area (TPSA) is 101 Å². The number of esters is 1. The molecule has 140 valence electrons. The number of fused-ring (bicyclic) bond motifs is 1. The molecule has 2 heterocycles. The largest absolute Gasteiger partial charge is 0.496 e. The molecule has 27 heavy (non-hydrogen) atoms. The van der Waals surface area contributed by atoms with Crippen molar-refractivity contribution in [3.63, 3.8) is 0 Å². The van der Waals surface area contributed by atoms with Crippen molar-refractivity contribution >= 4 is 22.9 Å². The van der Waals surface area contributed by atoms with Crippen LogP contribution in [0.1, 0.15) is 31.0 Å². The fraction of sp³-hybridized carbons (Fsp3) is 0.316. The summed E-state index contributed by atoms with van der Waals surface area (Å²) >= 11 is 1.20. The molecule has 2 N–H and O–H groups in total. The Hall–Kier alpha value is -2.92. The van der Waals surface area contributed by atoms with E-state index in [4.69, 9.17) is 15.2 Å². The maximum absolute atomic E-state index is 12.7. The van der Waals surface area contributed by atoms with Crippen LogP contribution in [-0.2, 0) is 9.53 Å². The van der Waals surface area contributed by atoms with Gasteiger partial charge in [-0.1, -0.05) is 12.1 Å². The lowest BCUT2D eigenvalue weighted by Crippen LogP contribution is -2.38. The first-order valence-corrected chi connectivity index (χ1v) is 9.22. The molecule has 0 aliphatic carbocycles. The van der Waals surface area contributed by atoms with Crippen LogP contribution in [0.4, 0.5) is 0 Å². The first-order valence-electron chi connectivity index (χ1n) is 8.40. The van der Waals surface area contributed by atoms with E-state index in [9.17, 15) is 10.1 Å². The first-order chi connectivity index (χ1) is 12.9. The van der Waals surface area contributed by atoms with E-state index in [2.05, 4.69) is 11.1 Å². The summed E-state index contributed by atoms with van der Waals surface area (Å²) < 4.78 is 10.7. The normalized spacial score (nSPS) is 18.9. The number of ether oxygens (including phenoxy) is 2. The lowest BCUT2D eigenvalue weighted by atomic mass is 9.93. The zero-order valence-electron chi connectivity index (χ0n) is 15.6. The average molecular weight is 384 g/mol. The van der Waals surface area contributed by atoms with Gasteiger partial charge < -0.3 is 15.2 Å². The van der Waals surface area contributed by atoms with Crippen LogP contribution in [0, 0.1) is 18.3 Å². The van der Waals surface area contributed by atoms with Crippen molar-refractivity contribution in [3.8, 4) is 11.8 Å². The fourth-order valence-corrected chi connectivity index (χ4v) is 4.05. The van der Waals surface area contributed by atoms with Crippen LogP contribution in [0.15, 0.2) is 45.2 Å². The summed E-state index contributed by atoms with van der Waals surface area (Å²) in [6.07, 6.45) is 0. The van der Waals surface area contributed by atoms with E-state index < -0.39 is 12.0 Å². The molecule has 0 unspecified atom stereocenters. The molecule has 0 bridgehead atoms. The third kappa shape index (κ3) is 3.15. The molecule has 2 aliphatic heterocycles. The van der Waals surface area contributed by atoms with Crippen molar-refractivity contribution in [3.05, 3.63) is 51.3 Å². The van der Waals surface area contributed by atoms with Gasteiger partial charge in [0.15, 0.2) is 5.17 Å². The standard InChI is InChI=1S/C19H20N4O3S/c1-5-26-18(24)15-11(3)22-19-23(17(21)14(9-20)27-19)16(15)12-7-6-10(2)13(8-12)25-4/h6-8,16H,5,21H2,1-4H3/t16-/m0/s1. The summed E-state index contributed by atoms with van der Waals surface area (Å²) in [4.78, 5) is 19.3. The number of rotatable bonds is 4. The predicted octanol–water partition coefficient (Wildman–Crippen LogP) is 2.95. The fourth-order valence-electron chi connectivity index (χ4n) is 3.13. The number of allylic oxidation sites excluding steroid dienone is 2. The van der Waals surface area contributed by atoms with Gasteiger partial charge >= 0.3 is 5.97 Å². The number of amidine groups is 1. The minimum atomic E-state index is -0.551. The Morgan fingerprint density at radius 3 is 2.81 bits per heavy atom. The quantitative estimate of drug-likeness (QED) is 0.796. The number of hydrogen-bond donors (Lipinski definition) is 1. The number of carbonyl (C=O) groups is 1. The minimum Gasteiger partial charge on any atom is -0.496 e. The van der Waals surface area contributed by atoms with Crippen LogP contribution in [0.2, 0.25) is 0 Å². The molecule has 3 rings (SSSR count). The van der Waals surface area contributed by atoms with E-state index in [0.29, 0.717) is 27.1 Å². The summed E-state index contributed by atoms with van der Waals surface area (Å²) in [5.41, 5.74) is 8.95. The Morgan fingerprint density at radius 2 is 2.19 bits per heavy atom. The van der Waals surface area contributed by atoms with Crippen molar-refractivity contribution in [1.82, 2.24) is 4.90 Å². The van der Waals surface area contributed by atoms with E-state index in [-0.39, 0.29) is 12.4 Å². The van der Waals surface area contributed by atoms with Gasteiger partial charge in [-0.3, -0.25) is 4.90 Å². The highest BCUT2D eigenvalue weighted by Crippen LogP contribution is 2.46. The van der Waals surface area contributed by atoms with Gasteiger partial charge in [0.05, 0.1) is 31.0 Å². The van der Waals surface area contributed by atoms with E-state index in [0.717, 1.165) is 11.1 Å². The average Bonchev–Trinajstić information content (AvgIpc) is 2.96. The maximum atomic E-state index is 12.7. The molecule has 0 fully saturated rings. The van der Waals surface area contributed by atoms with Crippen LogP contribution in [0.3, 0.4) is 0 Å². The van der Waals surface area contributed by atoms with E-state index in [1.54, 1.807) is 25.9 Å². The Labute approximate surface area is 162 Å². The lowest BCUT2D eigenvalue weighted by molar-refractivity contribution is -0.139. The van der Waals surface area contributed by atoms with Crippen molar-refractivity contribution in [2.24, 2.45) is 10.7 Å². The highest BCUT2D eigenvalue weighted by atomic mass is 32.2. The molecule has 2 aliphatic rings. The number of thioether (sulfide) groups is 1. The second-order valence-electron chi connectivity index (χ2n) is 6.04. The van der Waals surface area contributed by atoms with Crippen molar-refractivity contribution in [2.45, 2.75) is 26.8 Å². The van der Waals surface area contributed by atoms with Gasteiger partial charge in [-0.05, 0) is 49.7 Å². The molecule has 0 saturated heterocycles. The highest BCUT2D eigenvalue weighted by molar-refractivity contribution is 8.17. The number of nitrogens with two attached hydrogens (primary N) is 1. The van der Waals surface area contributed by atoms with E-state index in [1.165, 1.54) is 11.8 Å². The predicted molar refractivity (Wildman–Crippen MR) is 103 cm³/mol. The molecule has 0 spiro atoms. The van der Waals surface area contributed by atoms with Crippen molar-refractivity contribution < 1.29 is 14.3 Å². The summed E-state index contributed by atoms with van der Waals surface area (Å²) in [5, 5.41) is 9.94. The number of aliphatic imine (C=N–C) groups is 1. The highest BCUT2D eigenvalue weighted by Gasteiger charge is 2.42. The minimum absolute atomic E-state index is 0.250. The number of nitriles is 1. The molecule has 1 aromatic rings. The molecule has 1 aromatic carbocycles. The SMILES string of the molecule is CCOC(=O)C1=C(C)N=C2SC(C#N)=C(N)N2[C@H]1c1ccc(C)c(OC)c1. The summed E-state index contributed by atoms with van der Waals surface area (Å²) in [7, 11) is 1.60. The van der Waals surface area contributed by atoms with Gasteiger partial charge in [-0.15, -0.1) is 0 Å². The Bertz CT molecular complexity index is 943. The van der Waals surface area contributed by atoms with Crippen LogP contribution < -0.4 is 10.5 Å². The van der Waals surface area contributed by atoms with E-state index >= 15 is 0 Å². The summed E-state index contributed by atoms with van der Waals surface area (Å²) in [5.74, 6) is 0.526. The number of benzene rings is 1. The molecule has 7 nitrogen and oxygen atoms in total. The Morgan fingerprint density at radius 1 is 1.44 bits per heavy atom. The molecule has 0 amide bonds. The number of hydrogen-bond acceptors (Lipinski definition) is 8. The third-order valence-electron chi connectivity index (χ3n) is 4.42. The summed E-state index contributed by atoms with van der Waals surface area (Å²) in [6.45, 7) is 5.70. The monoisotopic (exact) mass is 384 g/mol. The smallest absolute Gasteiger partial charge is 0.338 e. The Balaban J connectivity index is 2.21.